The highest BCUT2D eigenvalue weighted by molar-refractivity contribution is 6.45. The Morgan fingerprint density at radius 3 is 2.57 bits per heavy atom. The summed E-state index contributed by atoms with van der Waals surface area (Å²) in [5.41, 5.74) is -0.198. The molecule has 0 atom stereocenters. The summed E-state index contributed by atoms with van der Waals surface area (Å²) < 4.78 is 13.5. The van der Waals surface area contributed by atoms with Crippen LogP contribution in [0.5, 0.6) is 0 Å². The van der Waals surface area contributed by atoms with E-state index in [0.29, 0.717) is 9.80 Å². The van der Waals surface area contributed by atoms with Gasteiger partial charge in [0.1, 0.15) is 12.4 Å². The second-order valence-electron chi connectivity index (χ2n) is 4.55. The summed E-state index contributed by atoms with van der Waals surface area (Å²) in [6.45, 7) is 2.50. The Morgan fingerprint density at radius 1 is 1.26 bits per heavy atom. The van der Waals surface area contributed by atoms with E-state index in [1.807, 2.05) is 0 Å². The van der Waals surface area contributed by atoms with E-state index >= 15 is 0 Å². The summed E-state index contributed by atoms with van der Waals surface area (Å²) in [7, 11) is 0. The van der Waals surface area contributed by atoms with Crippen LogP contribution in [0.25, 0.3) is 0 Å². The van der Waals surface area contributed by atoms with Crippen molar-refractivity contribution in [1.29, 1.82) is 0 Å². The summed E-state index contributed by atoms with van der Waals surface area (Å²) in [6.07, 6.45) is 1.27. The zero-order valence-electron chi connectivity index (χ0n) is 11.7. The number of hydrogen-bond acceptors (Lipinski definition) is 4. The van der Waals surface area contributed by atoms with Gasteiger partial charge in [-0.2, -0.15) is 0 Å². The average molecular weight is 340 g/mol. The highest BCUT2D eigenvalue weighted by Crippen LogP contribution is 2.20. The highest BCUT2D eigenvalue weighted by Gasteiger charge is 2.44. The molecule has 0 aliphatic carbocycles. The molecule has 1 aromatic rings. The first-order valence-electron chi connectivity index (χ1n) is 6.38. The summed E-state index contributed by atoms with van der Waals surface area (Å²) in [4.78, 5) is 48.2. The van der Waals surface area contributed by atoms with E-state index in [2.05, 4.69) is 11.9 Å². The van der Waals surface area contributed by atoms with Crippen LogP contribution in [0.3, 0.4) is 0 Å². The molecule has 1 aliphatic heterocycles. The molecule has 2 rings (SSSR count). The Labute approximate surface area is 135 Å². The van der Waals surface area contributed by atoms with Crippen molar-refractivity contribution < 1.29 is 23.6 Å². The van der Waals surface area contributed by atoms with Gasteiger partial charge in [0.2, 0.25) is 5.91 Å². The summed E-state index contributed by atoms with van der Waals surface area (Å²) in [5, 5.41) is 2.38. The maximum absolute atomic E-state index is 13.5. The number of urea groups is 1. The number of nitrogens with one attached hydrogen (secondary N) is 1. The monoisotopic (exact) mass is 339 g/mol. The number of imide groups is 2. The third kappa shape index (κ3) is 3.37. The van der Waals surface area contributed by atoms with Crippen LogP contribution < -0.4 is 5.32 Å². The molecule has 0 bridgehead atoms. The SMILES string of the molecule is C=CCN1C(=O)C(=O)N(CC(=O)Nc2cc(Cl)ccc2F)C1=O. The van der Waals surface area contributed by atoms with Crippen molar-refractivity contribution in [2.45, 2.75) is 0 Å². The molecule has 7 nitrogen and oxygen atoms in total. The van der Waals surface area contributed by atoms with Crippen molar-refractivity contribution >= 4 is 41.0 Å². The van der Waals surface area contributed by atoms with Crippen LogP contribution in [0, 0.1) is 5.82 Å². The molecule has 0 unspecified atom stereocenters. The van der Waals surface area contributed by atoms with Gasteiger partial charge in [0.05, 0.1) is 5.69 Å². The fourth-order valence-corrected chi connectivity index (χ4v) is 2.08. The smallest absolute Gasteiger partial charge is 0.322 e. The van der Waals surface area contributed by atoms with Gasteiger partial charge >= 0.3 is 17.8 Å². The molecule has 0 aromatic heterocycles. The minimum Gasteiger partial charge on any atom is -0.322 e. The Hall–Kier alpha value is -2.74. The van der Waals surface area contributed by atoms with Gasteiger partial charge in [0.25, 0.3) is 0 Å². The van der Waals surface area contributed by atoms with E-state index in [9.17, 15) is 23.6 Å². The first-order valence-corrected chi connectivity index (χ1v) is 6.76. The largest absolute Gasteiger partial charge is 0.335 e. The molecule has 23 heavy (non-hydrogen) atoms. The van der Waals surface area contributed by atoms with E-state index in [1.165, 1.54) is 18.2 Å². The number of rotatable bonds is 5. The van der Waals surface area contributed by atoms with E-state index < -0.39 is 36.1 Å². The number of benzene rings is 1. The fraction of sp³-hybridized carbons (Fsp3) is 0.143. The van der Waals surface area contributed by atoms with Crippen LogP contribution in [-0.4, -0.2) is 46.6 Å². The maximum Gasteiger partial charge on any atom is 0.335 e. The minimum absolute atomic E-state index is 0.148. The molecule has 1 heterocycles. The zero-order valence-corrected chi connectivity index (χ0v) is 12.5. The van der Waals surface area contributed by atoms with Gasteiger partial charge in [0.15, 0.2) is 0 Å². The Bertz CT molecular complexity index is 722. The highest BCUT2D eigenvalue weighted by atomic mass is 35.5. The van der Waals surface area contributed by atoms with Crippen molar-refractivity contribution in [3.63, 3.8) is 0 Å². The van der Waals surface area contributed by atoms with Crippen LogP contribution in [0.1, 0.15) is 0 Å². The number of halogens is 2. The molecule has 120 valence electrons. The predicted molar refractivity (Wildman–Crippen MR) is 79.1 cm³/mol. The predicted octanol–water partition coefficient (Wildman–Crippen LogP) is 1.39. The lowest BCUT2D eigenvalue weighted by Gasteiger charge is -2.14. The fourth-order valence-electron chi connectivity index (χ4n) is 1.91. The molecule has 0 spiro atoms. The number of carbonyl (C=O) groups excluding carboxylic acids is 4. The zero-order chi connectivity index (χ0) is 17.1. The van der Waals surface area contributed by atoms with Crippen molar-refractivity contribution in [2.75, 3.05) is 18.4 Å². The molecule has 5 amide bonds. The first kappa shape index (κ1) is 16.6. The second kappa shape index (κ2) is 6.57. The topological polar surface area (TPSA) is 86.8 Å². The van der Waals surface area contributed by atoms with Gasteiger partial charge in [-0.1, -0.05) is 17.7 Å². The molecule has 1 N–H and O–H groups in total. The normalized spacial score (nSPS) is 14.4. The molecule has 1 saturated heterocycles. The number of anilines is 1. The molecular formula is C14H11ClFN3O4. The van der Waals surface area contributed by atoms with Crippen LogP contribution in [0.4, 0.5) is 14.9 Å². The van der Waals surface area contributed by atoms with Gasteiger partial charge in [0, 0.05) is 11.6 Å². The van der Waals surface area contributed by atoms with Crippen LogP contribution in [0.2, 0.25) is 5.02 Å². The maximum atomic E-state index is 13.5. The molecule has 0 radical (unpaired) electrons. The lowest BCUT2D eigenvalue weighted by molar-refractivity contribution is -0.143. The van der Waals surface area contributed by atoms with E-state index in [-0.39, 0.29) is 17.3 Å². The Kier molecular flexibility index (Phi) is 4.75. The molecule has 1 fully saturated rings. The lowest BCUT2D eigenvalue weighted by Crippen LogP contribution is -2.39. The molecule has 1 aliphatic rings. The van der Waals surface area contributed by atoms with Crippen LogP contribution in [0.15, 0.2) is 30.9 Å². The lowest BCUT2D eigenvalue weighted by atomic mass is 10.3. The summed E-state index contributed by atoms with van der Waals surface area (Å²) >= 11 is 5.69. The summed E-state index contributed by atoms with van der Waals surface area (Å²) in [5.74, 6) is -3.75. The Morgan fingerprint density at radius 2 is 1.91 bits per heavy atom. The number of nitrogens with zero attached hydrogens (tertiary/aromatic N) is 2. The molecule has 9 heteroatoms. The molecule has 1 aromatic carbocycles. The van der Waals surface area contributed by atoms with Crippen molar-refractivity contribution in [1.82, 2.24) is 9.80 Å². The van der Waals surface area contributed by atoms with Crippen LogP contribution >= 0.6 is 11.6 Å². The van der Waals surface area contributed by atoms with E-state index in [4.69, 9.17) is 11.6 Å². The standard InChI is InChI=1S/C14H11ClFN3O4/c1-2-5-18-12(21)13(22)19(14(18)23)7-11(20)17-10-6-8(15)3-4-9(10)16/h2-4,6H,1,5,7H2,(H,17,20). The van der Waals surface area contributed by atoms with Gasteiger partial charge < -0.3 is 5.32 Å². The van der Waals surface area contributed by atoms with E-state index in [1.54, 1.807) is 0 Å². The Balaban J connectivity index is 2.09. The summed E-state index contributed by atoms with van der Waals surface area (Å²) in [6, 6.07) is 2.60. The third-order valence-electron chi connectivity index (χ3n) is 2.95. The molecular weight excluding hydrogens is 329 g/mol. The van der Waals surface area contributed by atoms with Crippen molar-refractivity contribution in [3.05, 3.63) is 41.7 Å². The second-order valence-corrected chi connectivity index (χ2v) is 4.99. The van der Waals surface area contributed by atoms with Gasteiger partial charge in [-0.25, -0.2) is 14.1 Å². The molecule has 0 saturated carbocycles. The van der Waals surface area contributed by atoms with Crippen molar-refractivity contribution in [2.24, 2.45) is 0 Å². The van der Waals surface area contributed by atoms with Crippen molar-refractivity contribution in [3.8, 4) is 0 Å². The van der Waals surface area contributed by atoms with Gasteiger partial charge in [-0.05, 0) is 18.2 Å². The van der Waals surface area contributed by atoms with Gasteiger partial charge in [-0.3, -0.25) is 19.3 Å². The number of amides is 5. The third-order valence-corrected chi connectivity index (χ3v) is 3.19. The minimum atomic E-state index is -1.13. The quantitative estimate of drug-likeness (QED) is 0.499. The average Bonchev–Trinajstić information content (AvgIpc) is 2.69. The first-order chi connectivity index (χ1) is 10.8. The number of carbonyl (C=O) groups is 4. The van der Waals surface area contributed by atoms with Gasteiger partial charge in [-0.15, -0.1) is 6.58 Å². The number of hydrogen-bond donors (Lipinski definition) is 1. The van der Waals surface area contributed by atoms with Crippen LogP contribution in [-0.2, 0) is 14.4 Å². The van der Waals surface area contributed by atoms with E-state index in [0.717, 1.165) is 6.07 Å².